The molecule has 0 radical (unpaired) electrons. The quantitative estimate of drug-likeness (QED) is 0.160. The van der Waals surface area contributed by atoms with Gasteiger partial charge in [-0.05, 0) is 107 Å². The molecule has 3 aliphatic rings. The van der Waals surface area contributed by atoms with Crippen molar-refractivity contribution < 1.29 is 0 Å². The lowest BCUT2D eigenvalue weighted by molar-refractivity contribution is 0.586. The smallest absolute Gasteiger partial charge is 0.0746 e. The second-order valence-electron chi connectivity index (χ2n) is 19.0. The van der Waals surface area contributed by atoms with Gasteiger partial charge in [-0.15, -0.1) is 0 Å². The fourth-order valence-electron chi connectivity index (χ4n) is 10.8. The molecule has 0 unspecified atom stereocenters. The number of hydrogen-bond acceptors (Lipinski definition) is 0. The van der Waals surface area contributed by atoms with Gasteiger partial charge in [0, 0.05) is 21.8 Å². The van der Waals surface area contributed by atoms with Crippen LogP contribution in [0.15, 0.2) is 140 Å². The van der Waals surface area contributed by atoms with Crippen LogP contribution in [-0.4, -0.2) is 4.57 Å². The van der Waals surface area contributed by atoms with Crippen LogP contribution in [0.4, 0.5) is 0 Å². The molecule has 0 N–H and O–H groups in total. The van der Waals surface area contributed by atoms with Crippen LogP contribution in [0.1, 0.15) is 99.9 Å². The van der Waals surface area contributed by atoms with Gasteiger partial charge in [0.05, 0.1) is 22.1 Å². The Hall–Kier alpha value is -5.66. The van der Waals surface area contributed by atoms with E-state index in [9.17, 15) is 0 Å². The summed E-state index contributed by atoms with van der Waals surface area (Å²) in [4.78, 5) is 0. The second kappa shape index (κ2) is 10.5. The zero-order valence-corrected chi connectivity index (χ0v) is 33.2. The topological polar surface area (TPSA) is 4.93 Å². The van der Waals surface area contributed by atoms with E-state index in [1.54, 1.807) is 0 Å². The summed E-state index contributed by atoms with van der Waals surface area (Å²) in [6.07, 6.45) is 0. The van der Waals surface area contributed by atoms with Crippen molar-refractivity contribution in [2.24, 2.45) is 0 Å². The molecular weight excluding hydrogens is 663 g/mol. The van der Waals surface area contributed by atoms with Crippen molar-refractivity contribution in [2.75, 3.05) is 0 Å². The lowest BCUT2D eigenvalue weighted by Gasteiger charge is -2.34. The van der Waals surface area contributed by atoms with E-state index in [1.807, 2.05) is 0 Å². The Morgan fingerprint density at radius 1 is 0.400 bits per heavy atom. The first kappa shape index (κ1) is 32.7. The highest BCUT2D eigenvalue weighted by Crippen LogP contribution is 2.65. The normalized spacial score (nSPS) is 15.6. The van der Waals surface area contributed by atoms with Crippen LogP contribution in [0.25, 0.3) is 60.9 Å². The summed E-state index contributed by atoms with van der Waals surface area (Å²) in [6.45, 7) is 18.9. The zero-order valence-electron chi connectivity index (χ0n) is 33.2. The van der Waals surface area contributed by atoms with E-state index in [4.69, 9.17) is 0 Å². The highest BCUT2D eigenvalue weighted by molar-refractivity contribution is 6.12. The third-order valence-electron chi connectivity index (χ3n) is 13.5. The van der Waals surface area contributed by atoms with Crippen LogP contribution in [0, 0.1) is 0 Å². The first-order valence-corrected chi connectivity index (χ1v) is 20.0. The molecule has 0 fully saturated rings. The van der Waals surface area contributed by atoms with Crippen molar-refractivity contribution in [3.63, 3.8) is 0 Å². The molecule has 1 heteroatoms. The highest BCUT2D eigenvalue weighted by atomic mass is 15.0. The van der Waals surface area contributed by atoms with Crippen LogP contribution in [0.2, 0.25) is 0 Å². The van der Waals surface area contributed by atoms with E-state index in [2.05, 4.69) is 199 Å². The average Bonchev–Trinajstić information content (AvgIpc) is 3.83. The van der Waals surface area contributed by atoms with Crippen molar-refractivity contribution in [1.29, 1.82) is 0 Å². The maximum absolute atomic E-state index is 2.62. The Balaban J connectivity index is 1.31. The van der Waals surface area contributed by atoms with Gasteiger partial charge < -0.3 is 4.57 Å². The number of benzene rings is 7. The molecule has 3 aliphatic carbocycles. The highest BCUT2D eigenvalue weighted by Gasteiger charge is 2.54. The molecule has 0 saturated heterocycles. The molecule has 55 heavy (non-hydrogen) atoms. The van der Waals surface area contributed by atoms with Gasteiger partial charge >= 0.3 is 0 Å². The standard InChI is InChI=1S/C54H47N/c1-51(2,3)32-24-26-36-37-27-25-33(52(4,5)6)29-46(37)54(45(36)28-32)43-21-13-10-16-34(43)39-19-15-23-48(50(39)54)55-47-22-14-11-18-38(47)41-30-40-35-17-9-12-20-42(35)53(7,8)44(40)31-49(41)55/h9-31H,1-8H3. The molecule has 8 aromatic rings. The lowest BCUT2D eigenvalue weighted by Crippen LogP contribution is -2.28. The van der Waals surface area contributed by atoms with Gasteiger partial charge in [-0.2, -0.15) is 0 Å². The average molecular weight is 710 g/mol. The Kier molecular flexibility index (Phi) is 6.28. The molecule has 1 heterocycles. The van der Waals surface area contributed by atoms with Crippen molar-refractivity contribution in [2.45, 2.75) is 77.0 Å². The number of para-hydroxylation sites is 1. The molecule has 0 amide bonds. The van der Waals surface area contributed by atoms with Gasteiger partial charge in [-0.3, -0.25) is 0 Å². The Morgan fingerprint density at radius 2 is 0.945 bits per heavy atom. The fraction of sp³-hybridized carbons (Fsp3) is 0.222. The predicted octanol–water partition coefficient (Wildman–Crippen LogP) is 14.0. The molecule has 1 spiro atoms. The maximum atomic E-state index is 2.62. The zero-order chi connectivity index (χ0) is 37.8. The second-order valence-corrected chi connectivity index (χ2v) is 19.0. The van der Waals surface area contributed by atoms with E-state index in [1.165, 1.54) is 105 Å². The molecule has 7 aromatic carbocycles. The molecular formula is C54H47N. The minimum atomic E-state index is -0.500. The van der Waals surface area contributed by atoms with E-state index >= 15 is 0 Å². The Labute approximate surface area is 325 Å². The Morgan fingerprint density at radius 3 is 1.60 bits per heavy atom. The molecule has 0 saturated carbocycles. The summed E-state index contributed by atoms with van der Waals surface area (Å²) in [7, 11) is 0. The van der Waals surface area contributed by atoms with E-state index in [0.29, 0.717) is 0 Å². The molecule has 0 atom stereocenters. The van der Waals surface area contributed by atoms with Crippen LogP contribution < -0.4 is 0 Å². The summed E-state index contributed by atoms with van der Waals surface area (Å²) in [5.41, 5.74) is 22.4. The Bertz CT molecular complexity index is 2900. The van der Waals surface area contributed by atoms with Crippen LogP contribution in [0.3, 0.4) is 0 Å². The van der Waals surface area contributed by atoms with E-state index in [-0.39, 0.29) is 16.2 Å². The molecule has 268 valence electrons. The van der Waals surface area contributed by atoms with Gasteiger partial charge in [0.1, 0.15) is 0 Å². The van der Waals surface area contributed by atoms with Crippen molar-refractivity contribution in [1.82, 2.24) is 4.57 Å². The van der Waals surface area contributed by atoms with Crippen molar-refractivity contribution in [3.05, 3.63) is 184 Å². The van der Waals surface area contributed by atoms with Crippen molar-refractivity contribution in [3.8, 4) is 39.1 Å². The molecule has 1 aromatic heterocycles. The summed E-state index contributed by atoms with van der Waals surface area (Å²) in [5, 5.41) is 2.60. The SMILES string of the molecule is CC(C)(C)c1ccc2c(c1)C1(c3cc(C(C)(C)C)ccc3-2)c2ccccc2-c2cccc(-n3c4ccccc4c4cc5c(cc43)C(C)(C)c3ccccc3-5)c21. The number of rotatable bonds is 1. The summed E-state index contributed by atoms with van der Waals surface area (Å²) < 4.78 is 2.62. The van der Waals surface area contributed by atoms with Crippen molar-refractivity contribution >= 4 is 21.8 Å². The molecule has 0 bridgehead atoms. The van der Waals surface area contributed by atoms with Crippen LogP contribution in [0.5, 0.6) is 0 Å². The van der Waals surface area contributed by atoms with Gasteiger partial charge in [0.15, 0.2) is 0 Å². The number of nitrogens with zero attached hydrogens (tertiary/aromatic N) is 1. The summed E-state index contributed by atoms with van der Waals surface area (Å²) in [6, 6.07) is 54.2. The number of hydrogen-bond donors (Lipinski definition) is 0. The van der Waals surface area contributed by atoms with Gasteiger partial charge in [0.25, 0.3) is 0 Å². The first-order valence-electron chi connectivity index (χ1n) is 20.0. The van der Waals surface area contributed by atoms with Crippen LogP contribution in [-0.2, 0) is 21.7 Å². The summed E-state index contributed by atoms with van der Waals surface area (Å²) >= 11 is 0. The molecule has 11 rings (SSSR count). The monoisotopic (exact) mass is 709 g/mol. The largest absolute Gasteiger partial charge is 0.309 e. The minimum Gasteiger partial charge on any atom is -0.309 e. The fourth-order valence-corrected chi connectivity index (χ4v) is 10.8. The third kappa shape index (κ3) is 4.09. The molecule has 1 nitrogen and oxygen atoms in total. The first-order chi connectivity index (χ1) is 26.3. The minimum absolute atomic E-state index is 0.000371. The van der Waals surface area contributed by atoms with Gasteiger partial charge in [-0.1, -0.05) is 171 Å². The predicted molar refractivity (Wildman–Crippen MR) is 232 cm³/mol. The number of aromatic nitrogens is 1. The maximum Gasteiger partial charge on any atom is 0.0746 e. The lowest BCUT2D eigenvalue weighted by atomic mass is 9.68. The molecule has 0 aliphatic heterocycles. The summed E-state index contributed by atoms with van der Waals surface area (Å²) in [5.74, 6) is 0. The third-order valence-corrected chi connectivity index (χ3v) is 13.5. The van der Waals surface area contributed by atoms with Gasteiger partial charge in [-0.25, -0.2) is 0 Å². The van der Waals surface area contributed by atoms with Crippen LogP contribution >= 0.6 is 0 Å². The van der Waals surface area contributed by atoms with E-state index in [0.717, 1.165) is 0 Å². The van der Waals surface area contributed by atoms with Gasteiger partial charge in [0.2, 0.25) is 0 Å². The number of fused-ring (bicyclic) bond motifs is 16. The van der Waals surface area contributed by atoms with E-state index < -0.39 is 5.41 Å².